The predicted molar refractivity (Wildman–Crippen MR) is 99.4 cm³/mol. The maximum absolute atomic E-state index is 13.1. The molecule has 0 saturated heterocycles. The van der Waals surface area contributed by atoms with Gasteiger partial charge in [0.15, 0.2) is 5.78 Å². The van der Waals surface area contributed by atoms with Crippen LogP contribution in [0.15, 0.2) is 59.4 Å². The number of hydrogen-bond acceptors (Lipinski definition) is 5. The number of carbonyl (C=O) groups excluding carboxylic acids is 1. The van der Waals surface area contributed by atoms with E-state index >= 15 is 0 Å². The van der Waals surface area contributed by atoms with Crippen LogP contribution in [0.3, 0.4) is 0 Å². The second kappa shape index (κ2) is 7.33. The molecule has 27 heavy (non-hydrogen) atoms. The van der Waals surface area contributed by atoms with Gasteiger partial charge in [-0.2, -0.15) is 0 Å². The van der Waals surface area contributed by atoms with Gasteiger partial charge in [0.25, 0.3) is 5.56 Å². The number of hydrogen-bond donors (Lipinski definition) is 1. The van der Waals surface area contributed by atoms with Gasteiger partial charge < -0.3 is 15.2 Å². The molecule has 2 aromatic carbocycles. The van der Waals surface area contributed by atoms with Crippen LogP contribution in [0, 0.1) is 5.82 Å². The van der Waals surface area contributed by atoms with E-state index < -0.39 is 17.2 Å². The normalized spacial score (nSPS) is 10.5. The molecule has 1 heterocycles. The highest BCUT2D eigenvalue weighted by molar-refractivity contribution is 6.11. The average molecular weight is 368 g/mol. The minimum Gasteiger partial charge on any atom is -0.497 e. The number of pyridine rings is 1. The first-order chi connectivity index (χ1) is 13.0. The van der Waals surface area contributed by atoms with Crippen molar-refractivity contribution in [3.63, 3.8) is 0 Å². The summed E-state index contributed by atoms with van der Waals surface area (Å²) >= 11 is 0. The number of methoxy groups -OCH3 is 2. The average Bonchev–Trinajstić information content (AvgIpc) is 2.68. The summed E-state index contributed by atoms with van der Waals surface area (Å²) in [7, 11) is 2.96. The van der Waals surface area contributed by atoms with Crippen LogP contribution in [0.1, 0.15) is 15.9 Å². The van der Waals surface area contributed by atoms with E-state index in [-0.39, 0.29) is 16.9 Å². The highest BCUT2D eigenvalue weighted by atomic mass is 19.1. The van der Waals surface area contributed by atoms with Crippen LogP contribution in [0.4, 0.5) is 10.2 Å². The van der Waals surface area contributed by atoms with Crippen LogP contribution in [0.5, 0.6) is 11.5 Å². The standard InChI is InChI=1S/C20H17FN2O4/c1-26-14-7-9-16(17(11-14)27-2)23-18(24)10-8-15(20(23)22)19(25)12-3-5-13(21)6-4-12/h3-11H,22H2,1-2H3. The van der Waals surface area contributed by atoms with Gasteiger partial charge in [-0.15, -0.1) is 0 Å². The SMILES string of the molecule is COc1ccc(-n2c(N)c(C(=O)c3ccc(F)cc3)ccc2=O)c(OC)c1. The molecule has 0 aliphatic rings. The number of anilines is 1. The molecule has 0 radical (unpaired) electrons. The Morgan fingerprint density at radius 2 is 1.70 bits per heavy atom. The third kappa shape index (κ3) is 3.39. The van der Waals surface area contributed by atoms with E-state index in [0.717, 1.165) is 0 Å². The number of rotatable bonds is 5. The second-order valence-electron chi connectivity index (χ2n) is 5.68. The lowest BCUT2D eigenvalue weighted by molar-refractivity contribution is 0.103. The number of benzene rings is 2. The number of ether oxygens (including phenoxy) is 2. The molecule has 0 spiro atoms. The van der Waals surface area contributed by atoms with E-state index in [4.69, 9.17) is 15.2 Å². The van der Waals surface area contributed by atoms with Crippen LogP contribution in [0.2, 0.25) is 0 Å². The molecular weight excluding hydrogens is 351 g/mol. The van der Waals surface area contributed by atoms with Crippen LogP contribution in [-0.4, -0.2) is 24.6 Å². The fourth-order valence-corrected chi connectivity index (χ4v) is 2.72. The maximum atomic E-state index is 13.1. The summed E-state index contributed by atoms with van der Waals surface area (Å²) in [6, 6.07) is 12.6. The number of nitrogen functional groups attached to an aromatic ring is 1. The molecule has 138 valence electrons. The largest absolute Gasteiger partial charge is 0.497 e. The summed E-state index contributed by atoms with van der Waals surface area (Å²) < 4.78 is 24.8. The lowest BCUT2D eigenvalue weighted by Gasteiger charge is -2.16. The zero-order valence-electron chi connectivity index (χ0n) is 14.7. The zero-order valence-corrected chi connectivity index (χ0v) is 14.7. The molecule has 3 rings (SSSR count). The summed E-state index contributed by atoms with van der Waals surface area (Å²) in [5, 5.41) is 0. The smallest absolute Gasteiger partial charge is 0.256 e. The van der Waals surface area contributed by atoms with Crippen molar-refractivity contribution in [3.05, 3.63) is 81.9 Å². The second-order valence-corrected chi connectivity index (χ2v) is 5.68. The molecule has 0 unspecified atom stereocenters. The van der Waals surface area contributed by atoms with Crippen LogP contribution in [-0.2, 0) is 0 Å². The minimum atomic E-state index is -0.451. The van der Waals surface area contributed by atoms with Crippen molar-refractivity contribution >= 4 is 11.6 Å². The Bertz CT molecular complexity index is 1060. The molecule has 6 nitrogen and oxygen atoms in total. The molecule has 0 fully saturated rings. The van der Waals surface area contributed by atoms with Crippen LogP contribution >= 0.6 is 0 Å². The predicted octanol–water partition coefficient (Wildman–Crippen LogP) is 2.81. The number of aromatic nitrogens is 1. The topological polar surface area (TPSA) is 83.5 Å². The van der Waals surface area contributed by atoms with Gasteiger partial charge in [-0.05, 0) is 42.5 Å². The van der Waals surface area contributed by atoms with Crippen molar-refractivity contribution in [2.45, 2.75) is 0 Å². The lowest BCUT2D eigenvalue weighted by atomic mass is 10.0. The molecule has 3 aromatic rings. The fourth-order valence-electron chi connectivity index (χ4n) is 2.72. The number of nitrogens with two attached hydrogens (primary N) is 1. The van der Waals surface area contributed by atoms with E-state index in [1.54, 1.807) is 18.2 Å². The van der Waals surface area contributed by atoms with Gasteiger partial charge in [-0.25, -0.2) is 4.39 Å². The van der Waals surface area contributed by atoms with Crippen LogP contribution < -0.4 is 20.8 Å². The van der Waals surface area contributed by atoms with Crippen molar-refractivity contribution in [3.8, 4) is 17.2 Å². The third-order valence-electron chi connectivity index (χ3n) is 4.11. The van der Waals surface area contributed by atoms with E-state index in [9.17, 15) is 14.0 Å². The number of ketones is 1. The van der Waals surface area contributed by atoms with Crippen molar-refractivity contribution in [2.75, 3.05) is 20.0 Å². The first-order valence-corrected chi connectivity index (χ1v) is 8.00. The maximum Gasteiger partial charge on any atom is 0.256 e. The summed E-state index contributed by atoms with van der Waals surface area (Å²) in [6.07, 6.45) is 0. The van der Waals surface area contributed by atoms with Gasteiger partial charge in [-0.1, -0.05) is 0 Å². The van der Waals surface area contributed by atoms with Crippen molar-refractivity contribution in [1.82, 2.24) is 4.57 Å². The first-order valence-electron chi connectivity index (χ1n) is 8.00. The zero-order chi connectivity index (χ0) is 19.6. The molecule has 0 saturated carbocycles. The molecular formula is C20H17FN2O4. The highest BCUT2D eigenvalue weighted by Crippen LogP contribution is 2.29. The van der Waals surface area contributed by atoms with Gasteiger partial charge in [-0.3, -0.25) is 14.2 Å². The van der Waals surface area contributed by atoms with E-state index in [0.29, 0.717) is 17.2 Å². The Hall–Kier alpha value is -3.61. The van der Waals surface area contributed by atoms with E-state index in [1.807, 2.05) is 0 Å². The Morgan fingerprint density at radius 1 is 1.00 bits per heavy atom. The summed E-state index contributed by atoms with van der Waals surface area (Å²) in [6.45, 7) is 0. The summed E-state index contributed by atoms with van der Waals surface area (Å²) in [5.41, 5.74) is 6.49. The van der Waals surface area contributed by atoms with Crippen molar-refractivity contribution < 1.29 is 18.7 Å². The first kappa shape index (κ1) is 18.2. The Morgan fingerprint density at radius 3 is 2.33 bits per heavy atom. The summed E-state index contributed by atoms with van der Waals surface area (Å²) in [4.78, 5) is 25.2. The van der Waals surface area contributed by atoms with Gasteiger partial charge in [0.05, 0.1) is 25.5 Å². The Labute approximate surface area is 154 Å². The van der Waals surface area contributed by atoms with Gasteiger partial charge >= 0.3 is 0 Å². The molecule has 0 aliphatic heterocycles. The van der Waals surface area contributed by atoms with Crippen LogP contribution in [0.25, 0.3) is 5.69 Å². The highest BCUT2D eigenvalue weighted by Gasteiger charge is 2.19. The minimum absolute atomic E-state index is 0.0414. The molecule has 0 bridgehead atoms. The van der Waals surface area contributed by atoms with Gasteiger partial charge in [0, 0.05) is 17.7 Å². The van der Waals surface area contributed by atoms with Gasteiger partial charge in [0.2, 0.25) is 0 Å². The molecule has 7 heteroatoms. The molecule has 1 aromatic heterocycles. The Balaban J connectivity index is 2.16. The number of nitrogens with zero attached hydrogens (tertiary/aromatic N) is 1. The quantitative estimate of drug-likeness (QED) is 0.700. The van der Waals surface area contributed by atoms with Gasteiger partial charge in [0.1, 0.15) is 23.1 Å². The molecule has 0 atom stereocenters. The Kier molecular flexibility index (Phi) is 4.94. The number of halogens is 1. The molecule has 0 aliphatic carbocycles. The van der Waals surface area contributed by atoms with E-state index in [2.05, 4.69) is 0 Å². The van der Waals surface area contributed by atoms with Crippen molar-refractivity contribution in [1.29, 1.82) is 0 Å². The fraction of sp³-hybridized carbons (Fsp3) is 0.100. The monoisotopic (exact) mass is 368 g/mol. The number of carbonyl (C=O) groups is 1. The summed E-state index contributed by atoms with van der Waals surface area (Å²) in [5.74, 6) is -0.0169. The molecule has 2 N–H and O–H groups in total. The van der Waals surface area contributed by atoms with Crippen molar-refractivity contribution in [2.24, 2.45) is 0 Å². The third-order valence-corrected chi connectivity index (χ3v) is 4.11. The molecule has 0 amide bonds. The lowest BCUT2D eigenvalue weighted by Crippen LogP contribution is -2.24. The van der Waals surface area contributed by atoms with E-state index in [1.165, 1.54) is 55.2 Å².